The molecule has 8 heteroatoms. The summed E-state index contributed by atoms with van der Waals surface area (Å²) in [6.07, 6.45) is 6.35. The molecule has 1 aromatic carbocycles. The van der Waals surface area contributed by atoms with Gasteiger partial charge < -0.3 is 9.47 Å². The molecule has 6 nitrogen and oxygen atoms in total. The number of sulfonamides is 1. The van der Waals surface area contributed by atoms with Gasteiger partial charge in [0, 0.05) is 36.1 Å². The van der Waals surface area contributed by atoms with Gasteiger partial charge in [-0.25, -0.2) is 8.42 Å². The standard InChI is InChI=1S/C19H21ClN2O4S/c1-25-18-7-4-13(20)9-19(18)27(23,24)22-14-5-6-15(22)11-17(10-14)26-16-3-2-8-21-12-16/h2-4,7-9,12,14-15,17H,5-6,10-11H2,1H3. The lowest BCUT2D eigenvalue weighted by Crippen LogP contribution is -2.49. The van der Waals surface area contributed by atoms with Crippen molar-refractivity contribution in [2.75, 3.05) is 7.11 Å². The summed E-state index contributed by atoms with van der Waals surface area (Å²) in [7, 11) is -2.24. The Morgan fingerprint density at radius 3 is 2.56 bits per heavy atom. The Labute approximate surface area is 164 Å². The molecule has 3 heterocycles. The third-order valence-electron chi connectivity index (χ3n) is 5.24. The number of hydrogen-bond acceptors (Lipinski definition) is 5. The zero-order valence-electron chi connectivity index (χ0n) is 14.9. The molecule has 2 aliphatic rings. The highest BCUT2D eigenvalue weighted by atomic mass is 35.5. The van der Waals surface area contributed by atoms with E-state index < -0.39 is 10.0 Å². The normalized spacial score (nSPS) is 25.3. The number of rotatable bonds is 5. The first-order valence-electron chi connectivity index (χ1n) is 8.93. The summed E-state index contributed by atoms with van der Waals surface area (Å²) in [5, 5.41) is 0.372. The number of hydrogen-bond donors (Lipinski definition) is 0. The van der Waals surface area contributed by atoms with Crippen LogP contribution >= 0.6 is 11.6 Å². The van der Waals surface area contributed by atoms with Gasteiger partial charge in [-0.3, -0.25) is 4.98 Å². The number of benzene rings is 1. The third kappa shape index (κ3) is 3.51. The molecule has 2 aliphatic heterocycles. The summed E-state index contributed by atoms with van der Waals surface area (Å²) in [6.45, 7) is 0. The summed E-state index contributed by atoms with van der Waals surface area (Å²) in [4.78, 5) is 4.19. The summed E-state index contributed by atoms with van der Waals surface area (Å²) in [5.74, 6) is 1.03. The van der Waals surface area contributed by atoms with Crippen molar-refractivity contribution < 1.29 is 17.9 Å². The fraction of sp³-hybridized carbons (Fsp3) is 0.421. The second-order valence-electron chi connectivity index (χ2n) is 6.92. The zero-order chi connectivity index (χ0) is 19.0. The zero-order valence-corrected chi connectivity index (χ0v) is 16.5. The van der Waals surface area contributed by atoms with Gasteiger partial charge in [-0.1, -0.05) is 11.6 Å². The quantitative estimate of drug-likeness (QED) is 0.757. The predicted molar refractivity (Wildman–Crippen MR) is 102 cm³/mol. The molecule has 2 fully saturated rings. The van der Waals surface area contributed by atoms with Crippen molar-refractivity contribution in [2.45, 2.75) is 48.8 Å². The maximum atomic E-state index is 13.4. The van der Waals surface area contributed by atoms with Crippen LogP contribution in [0.25, 0.3) is 0 Å². The van der Waals surface area contributed by atoms with Crippen molar-refractivity contribution in [1.82, 2.24) is 9.29 Å². The minimum atomic E-state index is -3.70. The van der Waals surface area contributed by atoms with Gasteiger partial charge >= 0.3 is 0 Å². The van der Waals surface area contributed by atoms with Crippen LogP contribution in [0, 0.1) is 0 Å². The first-order chi connectivity index (χ1) is 13.0. The van der Waals surface area contributed by atoms with Gasteiger partial charge in [0.05, 0.1) is 13.3 Å². The van der Waals surface area contributed by atoms with Crippen LogP contribution in [0.1, 0.15) is 25.7 Å². The van der Waals surface area contributed by atoms with E-state index in [-0.39, 0.29) is 23.1 Å². The number of methoxy groups -OCH3 is 1. The van der Waals surface area contributed by atoms with Gasteiger partial charge in [-0.15, -0.1) is 0 Å². The molecular weight excluding hydrogens is 388 g/mol. The maximum absolute atomic E-state index is 13.4. The van der Waals surface area contributed by atoms with Crippen molar-refractivity contribution in [3.63, 3.8) is 0 Å². The Balaban J connectivity index is 1.58. The number of piperidine rings is 1. The van der Waals surface area contributed by atoms with E-state index in [0.29, 0.717) is 23.6 Å². The number of aromatic nitrogens is 1. The highest BCUT2D eigenvalue weighted by Gasteiger charge is 2.48. The van der Waals surface area contributed by atoms with Crippen molar-refractivity contribution in [2.24, 2.45) is 0 Å². The number of ether oxygens (including phenoxy) is 2. The summed E-state index contributed by atoms with van der Waals surface area (Å²) < 4.78 is 39.7. The Hall–Kier alpha value is -1.83. The van der Waals surface area contributed by atoms with Crippen LogP contribution in [0.15, 0.2) is 47.6 Å². The molecule has 0 amide bonds. The summed E-state index contributed by atoms with van der Waals surface area (Å²) in [5.41, 5.74) is 0. The van der Waals surface area contributed by atoms with E-state index in [2.05, 4.69) is 4.98 Å². The van der Waals surface area contributed by atoms with Gasteiger partial charge in [0.25, 0.3) is 0 Å². The molecule has 2 unspecified atom stereocenters. The average Bonchev–Trinajstić information content (AvgIpc) is 2.95. The lowest BCUT2D eigenvalue weighted by Gasteiger charge is -2.38. The molecule has 0 radical (unpaired) electrons. The van der Waals surface area contributed by atoms with Gasteiger partial charge in [0.1, 0.15) is 22.5 Å². The molecular formula is C19H21ClN2O4S. The lowest BCUT2D eigenvalue weighted by molar-refractivity contribution is 0.0953. The molecule has 2 aromatic rings. The lowest BCUT2D eigenvalue weighted by atomic mass is 10.0. The van der Waals surface area contributed by atoms with Crippen LogP contribution in [-0.4, -0.2) is 43.0 Å². The molecule has 144 valence electrons. The van der Waals surface area contributed by atoms with E-state index in [1.807, 2.05) is 12.1 Å². The molecule has 1 aromatic heterocycles. The summed E-state index contributed by atoms with van der Waals surface area (Å²) in [6, 6.07) is 8.22. The molecule has 0 N–H and O–H groups in total. The van der Waals surface area contributed by atoms with Crippen LogP contribution < -0.4 is 9.47 Å². The highest BCUT2D eigenvalue weighted by Crippen LogP contribution is 2.42. The van der Waals surface area contributed by atoms with Crippen molar-refractivity contribution >= 4 is 21.6 Å². The van der Waals surface area contributed by atoms with Crippen molar-refractivity contribution in [1.29, 1.82) is 0 Å². The fourth-order valence-corrected chi connectivity index (χ4v) is 6.46. The van der Waals surface area contributed by atoms with E-state index in [4.69, 9.17) is 21.1 Å². The Morgan fingerprint density at radius 1 is 1.19 bits per heavy atom. The van der Waals surface area contributed by atoms with Crippen molar-refractivity contribution in [3.8, 4) is 11.5 Å². The third-order valence-corrected chi connectivity index (χ3v) is 7.50. The van der Waals surface area contributed by atoms with Crippen LogP contribution in [0.5, 0.6) is 11.5 Å². The smallest absolute Gasteiger partial charge is 0.247 e. The van der Waals surface area contributed by atoms with Gasteiger partial charge in [0.2, 0.25) is 10.0 Å². The van der Waals surface area contributed by atoms with E-state index in [1.54, 1.807) is 28.8 Å². The Kier molecular flexibility index (Phi) is 5.01. The average molecular weight is 409 g/mol. The number of halogens is 1. The first kappa shape index (κ1) is 18.5. The van der Waals surface area contributed by atoms with E-state index in [0.717, 1.165) is 18.6 Å². The molecule has 0 aliphatic carbocycles. The number of pyridine rings is 1. The van der Waals surface area contributed by atoms with Crippen molar-refractivity contribution in [3.05, 3.63) is 47.7 Å². The second kappa shape index (κ2) is 7.30. The fourth-order valence-electron chi connectivity index (χ4n) is 4.15. The largest absolute Gasteiger partial charge is 0.495 e. The Bertz CT molecular complexity index is 909. The molecule has 2 atom stereocenters. The van der Waals surface area contributed by atoms with Crippen LogP contribution in [0.2, 0.25) is 5.02 Å². The molecule has 2 bridgehead atoms. The first-order valence-corrected chi connectivity index (χ1v) is 10.7. The molecule has 2 saturated heterocycles. The van der Waals surface area contributed by atoms with Gasteiger partial charge in [-0.05, 0) is 43.2 Å². The number of fused-ring (bicyclic) bond motifs is 2. The predicted octanol–water partition coefficient (Wildman–Crippen LogP) is 3.51. The summed E-state index contributed by atoms with van der Waals surface area (Å²) >= 11 is 6.06. The molecule has 0 spiro atoms. The molecule has 0 saturated carbocycles. The van der Waals surface area contributed by atoms with Crippen LogP contribution in [-0.2, 0) is 10.0 Å². The van der Waals surface area contributed by atoms with E-state index >= 15 is 0 Å². The monoisotopic (exact) mass is 408 g/mol. The maximum Gasteiger partial charge on any atom is 0.247 e. The minimum absolute atomic E-state index is 0.0144. The SMILES string of the molecule is COc1ccc(Cl)cc1S(=O)(=O)N1C2CCC1CC(Oc1cccnc1)C2. The van der Waals surface area contributed by atoms with Crippen LogP contribution in [0.4, 0.5) is 0 Å². The molecule has 27 heavy (non-hydrogen) atoms. The van der Waals surface area contributed by atoms with Gasteiger partial charge in [0.15, 0.2) is 0 Å². The van der Waals surface area contributed by atoms with E-state index in [9.17, 15) is 8.42 Å². The topological polar surface area (TPSA) is 68.7 Å². The van der Waals surface area contributed by atoms with Crippen LogP contribution in [0.3, 0.4) is 0 Å². The van der Waals surface area contributed by atoms with Gasteiger partial charge in [-0.2, -0.15) is 4.31 Å². The number of nitrogens with zero attached hydrogens (tertiary/aromatic N) is 2. The van der Waals surface area contributed by atoms with E-state index in [1.165, 1.54) is 13.2 Å². The highest BCUT2D eigenvalue weighted by molar-refractivity contribution is 7.89. The molecule has 4 rings (SSSR count). The minimum Gasteiger partial charge on any atom is -0.495 e. The second-order valence-corrected chi connectivity index (χ2v) is 9.16. The Morgan fingerprint density at radius 2 is 1.93 bits per heavy atom.